The molecule has 1 aliphatic rings. The van der Waals surface area contributed by atoms with Crippen molar-refractivity contribution < 1.29 is 9.53 Å². The molecule has 6 nitrogen and oxygen atoms in total. The Balaban J connectivity index is 0.00000392. The van der Waals surface area contributed by atoms with Gasteiger partial charge in [0.05, 0.1) is 13.2 Å². The average molecular weight is 502 g/mol. The lowest BCUT2D eigenvalue weighted by atomic mass is 10.1. The van der Waals surface area contributed by atoms with Crippen LogP contribution in [0.2, 0.25) is 0 Å². The van der Waals surface area contributed by atoms with Crippen molar-refractivity contribution in [2.45, 2.75) is 53.3 Å². The van der Waals surface area contributed by atoms with Crippen molar-refractivity contribution in [3.8, 4) is 0 Å². The number of rotatable bonds is 8. The molecule has 0 spiro atoms. The van der Waals surface area contributed by atoms with Gasteiger partial charge >= 0.3 is 0 Å². The van der Waals surface area contributed by atoms with Gasteiger partial charge in [0.1, 0.15) is 0 Å². The van der Waals surface area contributed by atoms with E-state index in [-0.39, 0.29) is 41.8 Å². The van der Waals surface area contributed by atoms with E-state index in [4.69, 9.17) is 9.73 Å². The van der Waals surface area contributed by atoms with Crippen LogP contribution < -0.4 is 10.6 Å². The average Bonchev–Trinajstić information content (AvgIpc) is 3.13. The maximum Gasteiger partial charge on any atom is 0.225 e. The van der Waals surface area contributed by atoms with Gasteiger partial charge in [0.25, 0.3) is 0 Å². The van der Waals surface area contributed by atoms with Crippen LogP contribution in [0.3, 0.4) is 0 Å². The largest absolute Gasteiger partial charge is 0.377 e. The number of hydrogen-bond donors (Lipinski definition) is 2. The maximum atomic E-state index is 12.1. The Morgan fingerprint density at radius 1 is 1.25 bits per heavy atom. The lowest BCUT2D eigenvalue weighted by Crippen LogP contribution is -2.45. The van der Waals surface area contributed by atoms with E-state index in [1.165, 1.54) is 5.56 Å². The minimum atomic E-state index is 0. The predicted molar refractivity (Wildman–Crippen MR) is 125 cm³/mol. The molecular formula is C21H35IN4O2. The van der Waals surface area contributed by atoms with Crippen molar-refractivity contribution in [3.05, 3.63) is 35.4 Å². The summed E-state index contributed by atoms with van der Waals surface area (Å²) in [5.74, 6) is 1.09. The molecule has 1 saturated heterocycles. The fourth-order valence-corrected chi connectivity index (χ4v) is 3.09. The first-order chi connectivity index (χ1) is 13.0. The second kappa shape index (κ2) is 13.0. The van der Waals surface area contributed by atoms with Gasteiger partial charge in [-0.25, -0.2) is 4.99 Å². The summed E-state index contributed by atoms with van der Waals surface area (Å²) < 4.78 is 5.43. The van der Waals surface area contributed by atoms with Gasteiger partial charge in [-0.05, 0) is 31.4 Å². The van der Waals surface area contributed by atoms with Gasteiger partial charge in [0.2, 0.25) is 5.91 Å². The molecule has 1 aliphatic heterocycles. The summed E-state index contributed by atoms with van der Waals surface area (Å²) in [6, 6.07) is 8.62. The van der Waals surface area contributed by atoms with E-state index in [2.05, 4.69) is 41.8 Å². The van der Waals surface area contributed by atoms with Crippen LogP contribution in [0.5, 0.6) is 0 Å². The number of likely N-dealkylation sites (tertiary alicyclic amines) is 1. The van der Waals surface area contributed by atoms with Gasteiger partial charge in [-0.2, -0.15) is 0 Å². The highest BCUT2D eigenvalue weighted by Crippen LogP contribution is 2.13. The minimum absolute atomic E-state index is 0. The predicted octanol–water partition coefficient (Wildman–Crippen LogP) is 3.15. The zero-order valence-electron chi connectivity index (χ0n) is 17.5. The summed E-state index contributed by atoms with van der Waals surface area (Å²) in [6.45, 7) is 12.3. The van der Waals surface area contributed by atoms with Crippen LogP contribution in [0.15, 0.2) is 29.3 Å². The Hall–Kier alpha value is -1.35. The lowest BCUT2D eigenvalue weighted by molar-refractivity contribution is -0.133. The fourth-order valence-electron chi connectivity index (χ4n) is 3.09. The molecule has 1 fully saturated rings. The number of amides is 1. The molecule has 7 heteroatoms. The molecule has 1 atom stereocenters. The van der Waals surface area contributed by atoms with Crippen molar-refractivity contribution >= 4 is 35.8 Å². The smallest absolute Gasteiger partial charge is 0.225 e. The summed E-state index contributed by atoms with van der Waals surface area (Å²) >= 11 is 0. The topological polar surface area (TPSA) is 66.0 Å². The monoisotopic (exact) mass is 502 g/mol. The molecule has 0 saturated carbocycles. The number of halogens is 1. The zero-order chi connectivity index (χ0) is 19.6. The first-order valence-electron chi connectivity index (χ1n) is 10.0. The van der Waals surface area contributed by atoms with Crippen LogP contribution >= 0.6 is 24.0 Å². The highest BCUT2D eigenvalue weighted by molar-refractivity contribution is 14.0. The Bertz CT molecular complexity index is 619. The molecule has 158 valence electrons. The Morgan fingerprint density at radius 2 is 1.93 bits per heavy atom. The number of ether oxygens (including phenoxy) is 1. The number of benzene rings is 1. The Labute approximate surface area is 186 Å². The lowest BCUT2D eigenvalue weighted by Gasteiger charge is -2.20. The zero-order valence-corrected chi connectivity index (χ0v) is 19.9. The highest BCUT2D eigenvalue weighted by Gasteiger charge is 2.27. The van der Waals surface area contributed by atoms with E-state index in [0.29, 0.717) is 13.2 Å². The third kappa shape index (κ3) is 7.95. The number of aliphatic imine (C=N–C) groups is 1. The van der Waals surface area contributed by atoms with Crippen molar-refractivity contribution in [2.24, 2.45) is 10.9 Å². The van der Waals surface area contributed by atoms with Crippen LogP contribution in [-0.4, -0.2) is 49.0 Å². The van der Waals surface area contributed by atoms with Crippen LogP contribution in [0.4, 0.5) is 0 Å². The Morgan fingerprint density at radius 3 is 2.54 bits per heavy atom. The molecule has 1 amide bonds. The third-order valence-electron chi connectivity index (χ3n) is 4.59. The van der Waals surface area contributed by atoms with Gasteiger partial charge in [-0.3, -0.25) is 4.79 Å². The van der Waals surface area contributed by atoms with Gasteiger partial charge in [0.15, 0.2) is 5.96 Å². The minimum Gasteiger partial charge on any atom is -0.377 e. The van der Waals surface area contributed by atoms with Crippen LogP contribution in [-0.2, 0) is 22.7 Å². The molecular weight excluding hydrogens is 467 g/mol. The van der Waals surface area contributed by atoms with E-state index in [1.54, 1.807) is 0 Å². The van der Waals surface area contributed by atoms with E-state index < -0.39 is 0 Å². The summed E-state index contributed by atoms with van der Waals surface area (Å²) in [4.78, 5) is 18.8. The summed E-state index contributed by atoms with van der Waals surface area (Å²) in [7, 11) is 0. The number of hydrogen-bond acceptors (Lipinski definition) is 3. The van der Waals surface area contributed by atoms with Crippen molar-refractivity contribution in [1.82, 2.24) is 15.5 Å². The first-order valence-corrected chi connectivity index (χ1v) is 10.0. The number of nitrogens with zero attached hydrogens (tertiary/aromatic N) is 2. The molecule has 0 radical (unpaired) electrons. The van der Waals surface area contributed by atoms with E-state index in [1.807, 2.05) is 25.7 Å². The summed E-state index contributed by atoms with van der Waals surface area (Å²) in [6.07, 6.45) is 0.953. The highest BCUT2D eigenvalue weighted by atomic mass is 127. The number of carbonyl (C=O) groups is 1. The standard InChI is InChI=1S/C21H34N4O2.HI/c1-5-22-21(24-19-11-12-25(14-19)20(26)16(3)4)23-13-17-7-9-18(10-8-17)15-27-6-2;/h7-10,16,19H,5-6,11-15H2,1-4H3,(H2,22,23,24);1H. The SMILES string of the molecule is CCNC(=NCc1ccc(COCC)cc1)NC1CCN(C(=O)C(C)C)C1.I. The molecule has 1 unspecified atom stereocenters. The number of carbonyl (C=O) groups excluding carboxylic acids is 1. The molecule has 1 aromatic rings. The maximum absolute atomic E-state index is 12.1. The van der Waals surface area contributed by atoms with E-state index in [0.717, 1.165) is 44.2 Å². The quantitative estimate of drug-likeness (QED) is 0.326. The van der Waals surface area contributed by atoms with Gasteiger partial charge < -0.3 is 20.3 Å². The number of guanidine groups is 1. The molecule has 28 heavy (non-hydrogen) atoms. The Kier molecular flexibility index (Phi) is 11.4. The molecule has 0 bridgehead atoms. The molecule has 1 aromatic carbocycles. The normalized spacial score (nSPS) is 16.8. The molecule has 0 aliphatic carbocycles. The summed E-state index contributed by atoms with van der Waals surface area (Å²) in [5, 5.41) is 6.78. The van der Waals surface area contributed by atoms with Crippen LogP contribution in [0.25, 0.3) is 0 Å². The second-order valence-corrected chi connectivity index (χ2v) is 7.22. The van der Waals surface area contributed by atoms with E-state index >= 15 is 0 Å². The molecule has 2 rings (SSSR count). The van der Waals surface area contributed by atoms with Crippen molar-refractivity contribution in [3.63, 3.8) is 0 Å². The first kappa shape index (κ1) is 24.7. The van der Waals surface area contributed by atoms with Gasteiger partial charge in [-0.1, -0.05) is 38.1 Å². The second-order valence-electron chi connectivity index (χ2n) is 7.22. The fraction of sp³-hybridized carbons (Fsp3) is 0.619. The summed E-state index contributed by atoms with van der Waals surface area (Å²) in [5.41, 5.74) is 2.34. The molecule has 1 heterocycles. The number of nitrogens with one attached hydrogen (secondary N) is 2. The van der Waals surface area contributed by atoms with Crippen molar-refractivity contribution in [1.29, 1.82) is 0 Å². The van der Waals surface area contributed by atoms with Crippen LogP contribution in [0.1, 0.15) is 45.2 Å². The third-order valence-corrected chi connectivity index (χ3v) is 4.59. The van der Waals surface area contributed by atoms with Crippen LogP contribution in [0, 0.1) is 5.92 Å². The molecule has 0 aromatic heterocycles. The van der Waals surface area contributed by atoms with Crippen molar-refractivity contribution in [2.75, 3.05) is 26.2 Å². The van der Waals surface area contributed by atoms with E-state index in [9.17, 15) is 4.79 Å². The molecule has 2 N–H and O–H groups in total. The van der Waals surface area contributed by atoms with Gasteiger partial charge in [-0.15, -0.1) is 24.0 Å². The van der Waals surface area contributed by atoms with Gasteiger partial charge in [0, 0.05) is 38.2 Å².